The van der Waals surface area contributed by atoms with Gasteiger partial charge in [-0.2, -0.15) is 0 Å². The highest BCUT2D eigenvalue weighted by molar-refractivity contribution is 5.07. The fourth-order valence-corrected chi connectivity index (χ4v) is 2.89. The van der Waals surface area contributed by atoms with Crippen LogP contribution < -0.4 is 5.32 Å². The standard InChI is InChI=1S/C15H27N3/c1-3-4-5-6-10-18-12-16-11-15(18)14-9-7-8-13(2)17-14/h11-14,17H,3-10H2,1-2H3. The molecule has 0 bridgehead atoms. The van der Waals surface area contributed by atoms with Crippen molar-refractivity contribution >= 4 is 0 Å². The lowest BCUT2D eigenvalue weighted by molar-refractivity contribution is 0.328. The van der Waals surface area contributed by atoms with Crippen LogP contribution in [-0.4, -0.2) is 15.6 Å². The highest BCUT2D eigenvalue weighted by Gasteiger charge is 2.21. The van der Waals surface area contributed by atoms with Gasteiger partial charge in [-0.1, -0.05) is 26.2 Å². The average Bonchev–Trinajstić information content (AvgIpc) is 2.83. The monoisotopic (exact) mass is 249 g/mol. The van der Waals surface area contributed by atoms with E-state index in [9.17, 15) is 0 Å². The first-order valence-electron chi connectivity index (χ1n) is 7.57. The zero-order valence-corrected chi connectivity index (χ0v) is 11.9. The van der Waals surface area contributed by atoms with E-state index in [1.165, 1.54) is 50.6 Å². The van der Waals surface area contributed by atoms with Gasteiger partial charge in [0.1, 0.15) is 0 Å². The van der Waals surface area contributed by atoms with Crippen LogP contribution in [0.15, 0.2) is 12.5 Å². The Kier molecular flexibility index (Phi) is 5.24. The van der Waals surface area contributed by atoms with E-state index in [0.717, 1.165) is 6.54 Å². The number of imidazole rings is 1. The number of nitrogens with one attached hydrogen (secondary N) is 1. The van der Waals surface area contributed by atoms with Crippen LogP contribution in [0.2, 0.25) is 0 Å². The van der Waals surface area contributed by atoms with Gasteiger partial charge >= 0.3 is 0 Å². The van der Waals surface area contributed by atoms with Gasteiger partial charge < -0.3 is 9.88 Å². The number of aryl methyl sites for hydroxylation is 1. The van der Waals surface area contributed by atoms with Crippen LogP contribution in [0, 0.1) is 0 Å². The molecule has 0 aliphatic carbocycles. The number of rotatable bonds is 6. The van der Waals surface area contributed by atoms with Crippen LogP contribution in [0.3, 0.4) is 0 Å². The average molecular weight is 249 g/mol. The van der Waals surface area contributed by atoms with E-state index in [1.807, 2.05) is 6.33 Å². The molecule has 2 atom stereocenters. The molecule has 1 aliphatic rings. The molecule has 1 aromatic rings. The van der Waals surface area contributed by atoms with Crippen molar-refractivity contribution in [1.29, 1.82) is 0 Å². The Hall–Kier alpha value is -0.830. The van der Waals surface area contributed by atoms with Crippen molar-refractivity contribution < 1.29 is 0 Å². The SMILES string of the molecule is CCCCCCn1cncc1C1CCCC(C)N1. The van der Waals surface area contributed by atoms with Crippen LogP contribution in [0.4, 0.5) is 0 Å². The Labute approximate surface area is 111 Å². The predicted octanol–water partition coefficient (Wildman–Crippen LogP) is 3.67. The summed E-state index contributed by atoms with van der Waals surface area (Å²) in [5, 5.41) is 3.70. The first-order valence-corrected chi connectivity index (χ1v) is 7.57. The number of aromatic nitrogens is 2. The zero-order valence-electron chi connectivity index (χ0n) is 11.9. The van der Waals surface area contributed by atoms with Crippen molar-refractivity contribution in [3.05, 3.63) is 18.2 Å². The Bertz CT molecular complexity index is 345. The molecule has 0 aromatic carbocycles. The van der Waals surface area contributed by atoms with E-state index in [2.05, 4.69) is 34.9 Å². The molecule has 3 nitrogen and oxygen atoms in total. The van der Waals surface area contributed by atoms with Gasteiger partial charge in [0.2, 0.25) is 0 Å². The van der Waals surface area contributed by atoms with Gasteiger partial charge in [0.25, 0.3) is 0 Å². The lowest BCUT2D eigenvalue weighted by Crippen LogP contribution is -2.35. The predicted molar refractivity (Wildman–Crippen MR) is 75.6 cm³/mol. The van der Waals surface area contributed by atoms with E-state index < -0.39 is 0 Å². The minimum Gasteiger partial charge on any atom is -0.333 e. The normalized spacial score (nSPS) is 24.3. The summed E-state index contributed by atoms with van der Waals surface area (Å²) in [4.78, 5) is 4.34. The summed E-state index contributed by atoms with van der Waals surface area (Å²) >= 11 is 0. The molecule has 1 fully saturated rings. The molecule has 1 aromatic heterocycles. The minimum absolute atomic E-state index is 0.516. The second-order valence-electron chi connectivity index (χ2n) is 5.62. The van der Waals surface area contributed by atoms with Crippen LogP contribution in [0.1, 0.15) is 70.5 Å². The molecule has 1 N–H and O–H groups in total. The van der Waals surface area contributed by atoms with Crippen LogP contribution in [-0.2, 0) is 6.54 Å². The summed E-state index contributed by atoms with van der Waals surface area (Å²) in [6.07, 6.45) is 13.2. The van der Waals surface area contributed by atoms with Crippen molar-refractivity contribution in [3.8, 4) is 0 Å². The van der Waals surface area contributed by atoms with Crippen LogP contribution >= 0.6 is 0 Å². The lowest BCUT2D eigenvalue weighted by atomic mass is 9.97. The third kappa shape index (κ3) is 3.58. The third-order valence-corrected chi connectivity index (χ3v) is 3.97. The van der Waals surface area contributed by atoms with E-state index in [0.29, 0.717) is 12.1 Å². The van der Waals surface area contributed by atoms with E-state index in [-0.39, 0.29) is 0 Å². The number of piperidine rings is 1. The Balaban J connectivity index is 1.90. The van der Waals surface area contributed by atoms with Gasteiger partial charge in [-0.05, 0) is 32.6 Å². The molecule has 102 valence electrons. The summed E-state index contributed by atoms with van der Waals surface area (Å²) < 4.78 is 2.35. The number of hydrogen-bond acceptors (Lipinski definition) is 2. The first kappa shape index (κ1) is 13.6. The van der Waals surface area contributed by atoms with Gasteiger partial charge in [-0.3, -0.25) is 0 Å². The highest BCUT2D eigenvalue weighted by Crippen LogP contribution is 2.25. The fraction of sp³-hybridized carbons (Fsp3) is 0.800. The Morgan fingerprint density at radius 3 is 3.00 bits per heavy atom. The molecule has 1 saturated heterocycles. The number of unbranched alkanes of at least 4 members (excludes halogenated alkanes) is 3. The third-order valence-electron chi connectivity index (χ3n) is 3.97. The van der Waals surface area contributed by atoms with Crippen LogP contribution in [0.5, 0.6) is 0 Å². The zero-order chi connectivity index (χ0) is 12.8. The quantitative estimate of drug-likeness (QED) is 0.780. The van der Waals surface area contributed by atoms with E-state index in [4.69, 9.17) is 0 Å². The molecular formula is C15H27N3. The molecule has 0 saturated carbocycles. The second kappa shape index (κ2) is 6.93. The van der Waals surface area contributed by atoms with Gasteiger partial charge in [0, 0.05) is 24.8 Å². The molecule has 0 amide bonds. The molecular weight excluding hydrogens is 222 g/mol. The molecule has 0 radical (unpaired) electrons. The molecule has 2 heterocycles. The van der Waals surface area contributed by atoms with E-state index >= 15 is 0 Å². The van der Waals surface area contributed by atoms with Crippen molar-refractivity contribution in [2.75, 3.05) is 0 Å². The first-order chi connectivity index (χ1) is 8.81. The topological polar surface area (TPSA) is 29.9 Å². The molecule has 3 heteroatoms. The largest absolute Gasteiger partial charge is 0.333 e. The molecule has 0 spiro atoms. The number of nitrogens with zero attached hydrogens (tertiary/aromatic N) is 2. The lowest BCUT2D eigenvalue weighted by Gasteiger charge is -2.29. The van der Waals surface area contributed by atoms with Crippen molar-refractivity contribution in [2.45, 2.75) is 77.4 Å². The van der Waals surface area contributed by atoms with Gasteiger partial charge in [0.15, 0.2) is 0 Å². The van der Waals surface area contributed by atoms with Crippen molar-refractivity contribution in [1.82, 2.24) is 14.9 Å². The maximum absolute atomic E-state index is 4.34. The van der Waals surface area contributed by atoms with Gasteiger partial charge in [0.05, 0.1) is 12.0 Å². The number of hydrogen-bond donors (Lipinski definition) is 1. The molecule has 2 rings (SSSR count). The smallest absolute Gasteiger partial charge is 0.0948 e. The Morgan fingerprint density at radius 2 is 2.22 bits per heavy atom. The van der Waals surface area contributed by atoms with Crippen molar-refractivity contribution in [2.24, 2.45) is 0 Å². The summed E-state index contributed by atoms with van der Waals surface area (Å²) in [6, 6.07) is 1.16. The fourth-order valence-electron chi connectivity index (χ4n) is 2.89. The van der Waals surface area contributed by atoms with Gasteiger partial charge in [-0.15, -0.1) is 0 Å². The van der Waals surface area contributed by atoms with Crippen molar-refractivity contribution in [3.63, 3.8) is 0 Å². The Morgan fingerprint density at radius 1 is 1.33 bits per heavy atom. The summed E-state index contributed by atoms with van der Waals surface area (Å²) in [6.45, 7) is 5.67. The summed E-state index contributed by atoms with van der Waals surface area (Å²) in [5.74, 6) is 0. The minimum atomic E-state index is 0.516. The molecule has 18 heavy (non-hydrogen) atoms. The maximum Gasteiger partial charge on any atom is 0.0948 e. The highest BCUT2D eigenvalue weighted by atomic mass is 15.1. The summed E-state index contributed by atoms with van der Waals surface area (Å²) in [7, 11) is 0. The second-order valence-corrected chi connectivity index (χ2v) is 5.62. The van der Waals surface area contributed by atoms with E-state index in [1.54, 1.807) is 0 Å². The van der Waals surface area contributed by atoms with Crippen LogP contribution in [0.25, 0.3) is 0 Å². The van der Waals surface area contributed by atoms with Gasteiger partial charge in [-0.25, -0.2) is 4.98 Å². The molecule has 2 unspecified atom stereocenters. The summed E-state index contributed by atoms with van der Waals surface area (Å²) in [5.41, 5.74) is 1.39. The molecule has 1 aliphatic heterocycles. The maximum atomic E-state index is 4.34.